The second kappa shape index (κ2) is 19.2. The Morgan fingerprint density at radius 1 is 0.938 bits per heavy atom. The molecule has 48 heavy (non-hydrogen) atoms. The van der Waals surface area contributed by atoms with Gasteiger partial charge in [0.1, 0.15) is 11.6 Å². The summed E-state index contributed by atoms with van der Waals surface area (Å²) in [6.07, 6.45) is 3.67. The minimum Gasteiger partial charge on any atom is -0.469 e. The molecule has 0 aliphatic heterocycles. The molecule has 1 saturated carbocycles. The van der Waals surface area contributed by atoms with E-state index >= 15 is 0 Å². The van der Waals surface area contributed by atoms with Crippen LogP contribution in [-0.4, -0.2) is 72.6 Å². The summed E-state index contributed by atoms with van der Waals surface area (Å²) in [5, 5.41) is 17.2. The fraction of sp³-hybridized carbons (Fsp3) is 0.568. The number of esters is 1. The van der Waals surface area contributed by atoms with Crippen LogP contribution in [0.1, 0.15) is 98.4 Å². The van der Waals surface area contributed by atoms with Crippen LogP contribution in [0.2, 0.25) is 0 Å². The summed E-state index contributed by atoms with van der Waals surface area (Å²) >= 11 is 0. The number of nitrogens with zero attached hydrogens (tertiary/aromatic N) is 1. The average molecular weight is 672 g/mol. The van der Waals surface area contributed by atoms with Crippen molar-refractivity contribution >= 4 is 23.7 Å². The van der Waals surface area contributed by atoms with Gasteiger partial charge in [0.2, 0.25) is 5.91 Å². The number of benzene rings is 2. The smallest absolute Gasteiger partial charge is 0.308 e. The second-order valence-corrected chi connectivity index (χ2v) is 12.8. The molecule has 11 heteroatoms. The zero-order valence-electron chi connectivity index (χ0n) is 28.6. The number of rotatable bonds is 17. The quantitative estimate of drug-likeness (QED) is 0.193. The van der Waals surface area contributed by atoms with Gasteiger partial charge in [-0.2, -0.15) is 0 Å². The van der Waals surface area contributed by atoms with Crippen molar-refractivity contribution in [3.05, 3.63) is 70.8 Å². The van der Waals surface area contributed by atoms with Crippen LogP contribution in [-0.2, 0) is 20.7 Å². The van der Waals surface area contributed by atoms with E-state index < -0.39 is 35.6 Å². The molecule has 3 atom stereocenters. The number of hydrogen-bond donors (Lipinski definition) is 3. The van der Waals surface area contributed by atoms with Crippen molar-refractivity contribution in [2.75, 3.05) is 26.7 Å². The highest BCUT2D eigenvalue weighted by molar-refractivity contribution is 5.99. The SMILES string of the molecule is CCCN(CCC)C(=O)c1cccc(C(=O)NC(Cc2cc(F)cc(F)c2)C(O)CC(CC)C(=O)NCC2CCC(C(=O)OC)CC2)c1. The van der Waals surface area contributed by atoms with Gasteiger partial charge in [-0.05, 0) is 99.6 Å². The number of methoxy groups -OCH3 is 1. The number of aliphatic hydroxyl groups is 1. The third-order valence-electron chi connectivity index (χ3n) is 9.14. The van der Waals surface area contributed by atoms with Gasteiger partial charge in [0.25, 0.3) is 11.8 Å². The lowest BCUT2D eigenvalue weighted by atomic mass is 9.82. The first-order valence-corrected chi connectivity index (χ1v) is 17.2. The maximum Gasteiger partial charge on any atom is 0.308 e. The summed E-state index contributed by atoms with van der Waals surface area (Å²) in [4.78, 5) is 53.5. The first-order valence-electron chi connectivity index (χ1n) is 17.2. The second-order valence-electron chi connectivity index (χ2n) is 12.8. The fourth-order valence-electron chi connectivity index (χ4n) is 6.42. The van der Waals surface area contributed by atoms with Crippen LogP contribution in [0.25, 0.3) is 0 Å². The predicted octanol–water partition coefficient (Wildman–Crippen LogP) is 5.44. The highest BCUT2D eigenvalue weighted by atomic mass is 19.1. The molecule has 0 radical (unpaired) electrons. The normalized spacial score (nSPS) is 17.9. The van der Waals surface area contributed by atoms with Crippen molar-refractivity contribution in [1.82, 2.24) is 15.5 Å². The molecule has 9 nitrogen and oxygen atoms in total. The van der Waals surface area contributed by atoms with E-state index in [9.17, 15) is 33.1 Å². The molecule has 264 valence electrons. The Labute approximate surface area is 282 Å². The summed E-state index contributed by atoms with van der Waals surface area (Å²) in [5.74, 6) is -3.23. The molecule has 1 aliphatic rings. The van der Waals surface area contributed by atoms with Gasteiger partial charge in [-0.1, -0.05) is 26.8 Å². The predicted molar refractivity (Wildman–Crippen MR) is 179 cm³/mol. The maximum atomic E-state index is 14.1. The summed E-state index contributed by atoms with van der Waals surface area (Å²) in [6, 6.07) is 8.36. The van der Waals surface area contributed by atoms with Crippen LogP contribution in [0, 0.1) is 29.4 Å². The van der Waals surface area contributed by atoms with E-state index in [2.05, 4.69) is 10.6 Å². The molecule has 1 fully saturated rings. The van der Waals surface area contributed by atoms with Gasteiger partial charge in [-0.25, -0.2) is 8.78 Å². The zero-order valence-corrected chi connectivity index (χ0v) is 28.6. The summed E-state index contributed by atoms with van der Waals surface area (Å²) in [7, 11) is 1.39. The van der Waals surface area contributed by atoms with Crippen LogP contribution in [0.5, 0.6) is 0 Å². The third kappa shape index (κ3) is 11.4. The number of ether oxygens (including phenoxy) is 1. The molecule has 3 amide bonds. The van der Waals surface area contributed by atoms with Crippen LogP contribution >= 0.6 is 0 Å². The molecule has 0 aromatic heterocycles. The minimum absolute atomic E-state index is 0.00167. The van der Waals surface area contributed by atoms with Crippen molar-refractivity contribution in [1.29, 1.82) is 0 Å². The number of aliphatic hydroxyl groups excluding tert-OH is 1. The Kier molecular flexibility index (Phi) is 15.4. The number of nitrogens with one attached hydrogen (secondary N) is 2. The summed E-state index contributed by atoms with van der Waals surface area (Å²) < 4.78 is 33.0. The van der Waals surface area contributed by atoms with Gasteiger partial charge in [-0.3, -0.25) is 19.2 Å². The standard InChI is InChI=1S/C37H51F2N3O6/c1-5-15-42(16-6-2)36(46)29-10-8-9-28(20-29)35(45)41-32(19-25-17-30(38)22-31(39)18-25)33(43)21-26(7-3)34(44)40-23-24-11-13-27(14-12-24)37(47)48-4/h8-10,17-18,20,22,24,26-27,32-33,43H,5-7,11-16,19,21,23H2,1-4H3,(H,40,44)(H,41,45). The van der Waals surface area contributed by atoms with E-state index in [1.165, 1.54) is 13.2 Å². The van der Waals surface area contributed by atoms with Gasteiger partial charge in [0, 0.05) is 42.7 Å². The van der Waals surface area contributed by atoms with Gasteiger partial charge < -0.3 is 25.4 Å². The molecule has 0 saturated heterocycles. The molecule has 3 N–H and O–H groups in total. The molecular formula is C37H51F2N3O6. The lowest BCUT2D eigenvalue weighted by molar-refractivity contribution is -0.146. The zero-order chi connectivity index (χ0) is 35.2. The van der Waals surface area contributed by atoms with Crippen molar-refractivity contribution in [2.45, 2.75) is 90.7 Å². The van der Waals surface area contributed by atoms with Crippen LogP contribution < -0.4 is 10.6 Å². The number of amides is 3. The van der Waals surface area contributed by atoms with Crippen LogP contribution in [0.4, 0.5) is 8.78 Å². The first kappa shape index (κ1) is 38.6. The van der Waals surface area contributed by atoms with Crippen molar-refractivity contribution < 1.29 is 37.8 Å². The van der Waals surface area contributed by atoms with E-state index in [1.807, 2.05) is 20.8 Å². The number of carbonyl (C=O) groups is 4. The average Bonchev–Trinajstić information content (AvgIpc) is 3.08. The summed E-state index contributed by atoms with van der Waals surface area (Å²) in [5.41, 5.74) is 0.786. The molecule has 2 aromatic carbocycles. The Hall–Kier alpha value is -3.86. The van der Waals surface area contributed by atoms with Gasteiger partial charge in [0.15, 0.2) is 0 Å². The molecule has 0 heterocycles. The van der Waals surface area contributed by atoms with Crippen molar-refractivity contribution in [3.8, 4) is 0 Å². The molecule has 3 rings (SSSR count). The molecular weight excluding hydrogens is 620 g/mol. The number of hydrogen-bond acceptors (Lipinski definition) is 6. The van der Waals surface area contributed by atoms with Crippen molar-refractivity contribution in [2.24, 2.45) is 17.8 Å². The Balaban J connectivity index is 1.73. The largest absolute Gasteiger partial charge is 0.469 e. The molecule has 3 unspecified atom stereocenters. The van der Waals surface area contributed by atoms with E-state index in [4.69, 9.17) is 4.74 Å². The monoisotopic (exact) mass is 671 g/mol. The van der Waals surface area contributed by atoms with Gasteiger partial charge >= 0.3 is 5.97 Å². The van der Waals surface area contributed by atoms with Crippen LogP contribution in [0.15, 0.2) is 42.5 Å². The minimum atomic E-state index is -1.24. The topological polar surface area (TPSA) is 125 Å². The van der Waals surface area contributed by atoms with Crippen molar-refractivity contribution in [3.63, 3.8) is 0 Å². The third-order valence-corrected chi connectivity index (χ3v) is 9.14. The van der Waals surface area contributed by atoms with E-state index in [0.29, 0.717) is 44.5 Å². The van der Waals surface area contributed by atoms with Gasteiger partial charge in [0.05, 0.1) is 25.2 Å². The molecule has 1 aliphatic carbocycles. The molecule has 0 spiro atoms. The Bertz CT molecular complexity index is 1350. The lowest BCUT2D eigenvalue weighted by Crippen LogP contribution is -2.47. The molecule has 2 aromatic rings. The van der Waals surface area contributed by atoms with E-state index in [0.717, 1.165) is 43.9 Å². The first-order chi connectivity index (χ1) is 23.0. The number of carbonyl (C=O) groups excluding carboxylic acids is 4. The van der Waals surface area contributed by atoms with Crippen LogP contribution in [0.3, 0.4) is 0 Å². The highest BCUT2D eigenvalue weighted by Crippen LogP contribution is 2.29. The molecule has 0 bridgehead atoms. The number of halogens is 2. The van der Waals surface area contributed by atoms with E-state index in [-0.39, 0.29) is 53.6 Å². The summed E-state index contributed by atoms with van der Waals surface area (Å²) in [6.45, 7) is 7.43. The van der Waals surface area contributed by atoms with E-state index in [1.54, 1.807) is 23.1 Å². The highest BCUT2D eigenvalue weighted by Gasteiger charge is 2.30. The Morgan fingerprint density at radius 3 is 2.15 bits per heavy atom. The van der Waals surface area contributed by atoms with Gasteiger partial charge in [-0.15, -0.1) is 0 Å². The maximum absolute atomic E-state index is 14.1. The fourth-order valence-corrected chi connectivity index (χ4v) is 6.42. The lowest BCUT2D eigenvalue weighted by Gasteiger charge is -2.29. The Morgan fingerprint density at radius 2 is 1.56 bits per heavy atom.